The van der Waals surface area contributed by atoms with Crippen LogP contribution in [0, 0.1) is 0 Å². The maximum atomic E-state index is 11.6. The molecular formula is C13H15Cl2NO. The van der Waals surface area contributed by atoms with Gasteiger partial charge in [-0.05, 0) is 38.5 Å². The van der Waals surface area contributed by atoms with E-state index in [-0.39, 0.29) is 11.9 Å². The van der Waals surface area contributed by atoms with Gasteiger partial charge in [0.15, 0.2) is 0 Å². The van der Waals surface area contributed by atoms with Crippen molar-refractivity contribution in [3.05, 3.63) is 45.5 Å². The number of nitrogens with one attached hydrogen (secondary N) is 1. The van der Waals surface area contributed by atoms with Crippen LogP contribution in [0.1, 0.15) is 32.4 Å². The quantitative estimate of drug-likeness (QED) is 0.823. The van der Waals surface area contributed by atoms with E-state index in [4.69, 9.17) is 23.2 Å². The standard InChI is InChI=1S/C13H15Cl2NO/c1-8(2)6-13(17)16-9(3)11-5-4-10(14)7-12(11)15/h4-7,9H,1-3H3,(H,16,17). The number of carbonyl (C=O) groups is 1. The summed E-state index contributed by atoms with van der Waals surface area (Å²) >= 11 is 11.9. The molecule has 0 aliphatic rings. The molecule has 92 valence electrons. The van der Waals surface area contributed by atoms with Crippen molar-refractivity contribution in [2.24, 2.45) is 0 Å². The van der Waals surface area contributed by atoms with Gasteiger partial charge < -0.3 is 5.32 Å². The Morgan fingerprint density at radius 2 is 2.00 bits per heavy atom. The van der Waals surface area contributed by atoms with Crippen LogP contribution in [0.25, 0.3) is 0 Å². The number of rotatable bonds is 3. The first-order chi connectivity index (χ1) is 7.90. The van der Waals surface area contributed by atoms with Gasteiger partial charge in [0, 0.05) is 16.1 Å². The fourth-order valence-electron chi connectivity index (χ4n) is 1.45. The molecule has 0 radical (unpaired) electrons. The highest BCUT2D eigenvalue weighted by atomic mass is 35.5. The zero-order chi connectivity index (χ0) is 13.0. The maximum absolute atomic E-state index is 11.6. The molecule has 0 saturated heterocycles. The summed E-state index contributed by atoms with van der Waals surface area (Å²) in [4.78, 5) is 11.6. The van der Waals surface area contributed by atoms with E-state index in [0.29, 0.717) is 10.0 Å². The summed E-state index contributed by atoms with van der Waals surface area (Å²) in [6, 6.07) is 5.09. The van der Waals surface area contributed by atoms with Gasteiger partial charge in [0.05, 0.1) is 6.04 Å². The van der Waals surface area contributed by atoms with Crippen LogP contribution in [0.4, 0.5) is 0 Å². The average Bonchev–Trinajstić information content (AvgIpc) is 2.15. The molecule has 4 heteroatoms. The third kappa shape index (κ3) is 4.41. The highest BCUT2D eigenvalue weighted by molar-refractivity contribution is 6.35. The van der Waals surface area contributed by atoms with Crippen molar-refractivity contribution in [2.45, 2.75) is 26.8 Å². The molecule has 0 fully saturated rings. The second kappa shape index (κ2) is 6.08. The second-order valence-corrected chi connectivity index (χ2v) is 4.96. The lowest BCUT2D eigenvalue weighted by Crippen LogP contribution is -2.25. The largest absolute Gasteiger partial charge is 0.346 e. The van der Waals surface area contributed by atoms with E-state index in [9.17, 15) is 4.79 Å². The third-order valence-corrected chi connectivity index (χ3v) is 2.77. The second-order valence-electron chi connectivity index (χ2n) is 4.12. The molecule has 0 aromatic heterocycles. The number of hydrogen-bond donors (Lipinski definition) is 1. The minimum absolute atomic E-state index is 0.122. The van der Waals surface area contributed by atoms with Crippen molar-refractivity contribution in [2.75, 3.05) is 0 Å². The predicted octanol–water partition coefficient (Wildman–Crippen LogP) is 4.14. The van der Waals surface area contributed by atoms with Crippen molar-refractivity contribution in [1.29, 1.82) is 0 Å². The Bertz CT molecular complexity index is 451. The molecular weight excluding hydrogens is 257 g/mol. The number of halogens is 2. The van der Waals surface area contributed by atoms with Crippen LogP contribution >= 0.6 is 23.2 Å². The monoisotopic (exact) mass is 271 g/mol. The molecule has 1 amide bonds. The molecule has 0 bridgehead atoms. The summed E-state index contributed by atoms with van der Waals surface area (Å²) < 4.78 is 0. The van der Waals surface area contributed by atoms with E-state index < -0.39 is 0 Å². The molecule has 0 spiro atoms. The summed E-state index contributed by atoms with van der Waals surface area (Å²) in [6.45, 7) is 5.63. The van der Waals surface area contributed by atoms with Crippen LogP contribution in [-0.2, 0) is 4.79 Å². The van der Waals surface area contributed by atoms with Crippen LogP contribution in [0.5, 0.6) is 0 Å². The van der Waals surface area contributed by atoms with Crippen molar-refractivity contribution < 1.29 is 4.79 Å². The van der Waals surface area contributed by atoms with Crippen LogP contribution in [0.3, 0.4) is 0 Å². The number of amides is 1. The molecule has 1 atom stereocenters. The minimum Gasteiger partial charge on any atom is -0.346 e. The fourth-order valence-corrected chi connectivity index (χ4v) is 2.02. The minimum atomic E-state index is -0.150. The fraction of sp³-hybridized carbons (Fsp3) is 0.308. The van der Waals surface area contributed by atoms with Crippen LogP contribution in [-0.4, -0.2) is 5.91 Å². The van der Waals surface area contributed by atoms with E-state index in [2.05, 4.69) is 5.32 Å². The van der Waals surface area contributed by atoms with Crippen molar-refractivity contribution >= 4 is 29.1 Å². The molecule has 1 aromatic rings. The van der Waals surface area contributed by atoms with E-state index in [1.165, 1.54) is 0 Å². The molecule has 0 heterocycles. The maximum Gasteiger partial charge on any atom is 0.244 e. The molecule has 2 nitrogen and oxygen atoms in total. The van der Waals surface area contributed by atoms with Gasteiger partial charge in [-0.2, -0.15) is 0 Å². The Kier molecular flexibility index (Phi) is 5.03. The number of allylic oxidation sites excluding steroid dienone is 1. The molecule has 0 saturated carbocycles. The molecule has 17 heavy (non-hydrogen) atoms. The van der Waals surface area contributed by atoms with E-state index in [0.717, 1.165) is 11.1 Å². The van der Waals surface area contributed by atoms with Gasteiger partial charge in [0.2, 0.25) is 5.91 Å². The Hall–Kier alpha value is -0.990. The summed E-state index contributed by atoms with van der Waals surface area (Å²) in [5.74, 6) is -0.122. The smallest absolute Gasteiger partial charge is 0.244 e. The van der Waals surface area contributed by atoms with Gasteiger partial charge in [0.25, 0.3) is 0 Å². The number of benzene rings is 1. The predicted molar refractivity (Wildman–Crippen MR) is 72.5 cm³/mol. The molecule has 0 aliphatic carbocycles. The van der Waals surface area contributed by atoms with Crippen molar-refractivity contribution in [1.82, 2.24) is 5.32 Å². The lowest BCUT2D eigenvalue weighted by Gasteiger charge is -2.14. The zero-order valence-corrected chi connectivity index (χ0v) is 11.6. The molecule has 0 aliphatic heterocycles. The normalized spacial score (nSPS) is 11.8. The summed E-state index contributed by atoms with van der Waals surface area (Å²) in [5.41, 5.74) is 1.81. The van der Waals surface area contributed by atoms with E-state index in [1.807, 2.05) is 26.8 Å². The first-order valence-electron chi connectivity index (χ1n) is 5.30. The molecule has 1 aromatic carbocycles. The summed E-state index contributed by atoms with van der Waals surface area (Å²) in [6.07, 6.45) is 1.56. The molecule has 1 N–H and O–H groups in total. The average molecular weight is 272 g/mol. The van der Waals surface area contributed by atoms with Crippen molar-refractivity contribution in [3.63, 3.8) is 0 Å². The highest BCUT2D eigenvalue weighted by Gasteiger charge is 2.11. The summed E-state index contributed by atoms with van der Waals surface area (Å²) in [7, 11) is 0. The van der Waals surface area contributed by atoms with Crippen LogP contribution in [0.15, 0.2) is 29.8 Å². The molecule has 1 rings (SSSR count). The Morgan fingerprint density at radius 1 is 1.35 bits per heavy atom. The van der Waals surface area contributed by atoms with E-state index >= 15 is 0 Å². The highest BCUT2D eigenvalue weighted by Crippen LogP contribution is 2.25. The summed E-state index contributed by atoms with van der Waals surface area (Å²) in [5, 5.41) is 3.99. The third-order valence-electron chi connectivity index (χ3n) is 2.21. The zero-order valence-electron chi connectivity index (χ0n) is 10.1. The van der Waals surface area contributed by atoms with Gasteiger partial charge in [-0.25, -0.2) is 0 Å². The van der Waals surface area contributed by atoms with Gasteiger partial charge in [-0.3, -0.25) is 4.79 Å². The van der Waals surface area contributed by atoms with Gasteiger partial charge in [0.1, 0.15) is 0 Å². The lowest BCUT2D eigenvalue weighted by atomic mass is 10.1. The van der Waals surface area contributed by atoms with E-state index in [1.54, 1.807) is 18.2 Å². The van der Waals surface area contributed by atoms with Crippen molar-refractivity contribution in [3.8, 4) is 0 Å². The Morgan fingerprint density at radius 3 is 2.53 bits per heavy atom. The van der Waals surface area contributed by atoms with Gasteiger partial charge in [-0.15, -0.1) is 0 Å². The number of hydrogen-bond acceptors (Lipinski definition) is 1. The topological polar surface area (TPSA) is 29.1 Å². The first-order valence-corrected chi connectivity index (χ1v) is 6.06. The van der Waals surface area contributed by atoms with Crippen LogP contribution in [0.2, 0.25) is 10.0 Å². The van der Waals surface area contributed by atoms with Gasteiger partial charge in [-0.1, -0.05) is 34.8 Å². The first kappa shape index (κ1) is 14.1. The Balaban J connectivity index is 2.80. The van der Waals surface area contributed by atoms with Gasteiger partial charge >= 0.3 is 0 Å². The SMILES string of the molecule is CC(C)=CC(=O)NC(C)c1ccc(Cl)cc1Cl. The lowest BCUT2D eigenvalue weighted by molar-refractivity contribution is -0.117. The Labute approximate surface area is 112 Å². The molecule has 1 unspecified atom stereocenters. The van der Waals surface area contributed by atoms with Crippen LogP contribution < -0.4 is 5.32 Å². The number of carbonyl (C=O) groups excluding carboxylic acids is 1.